The minimum Gasteiger partial charge on any atom is -0.152 e. The van der Waals surface area contributed by atoms with Crippen LogP contribution in [0.5, 0.6) is 0 Å². The van der Waals surface area contributed by atoms with Crippen molar-refractivity contribution >= 4 is 23.8 Å². The molecular formula is C37H31Zr-. The Balaban J connectivity index is 0.000000179. The molecule has 0 atom stereocenters. The monoisotopic (exact) mass is 565 g/mol. The van der Waals surface area contributed by atoms with E-state index in [2.05, 4.69) is 129 Å². The van der Waals surface area contributed by atoms with Crippen LogP contribution < -0.4 is 10.4 Å². The summed E-state index contributed by atoms with van der Waals surface area (Å²) in [6.07, 6.45) is 10.6. The van der Waals surface area contributed by atoms with Crippen LogP contribution >= 0.6 is 0 Å². The first-order valence-electron chi connectivity index (χ1n) is 12.8. The molecule has 0 aliphatic heterocycles. The van der Waals surface area contributed by atoms with E-state index in [9.17, 15) is 0 Å². The molecule has 5 aromatic rings. The molecule has 1 heteroatoms. The molecule has 0 fully saturated rings. The van der Waals surface area contributed by atoms with Gasteiger partial charge in [-0.2, -0.15) is 12.1 Å². The molecule has 1 aliphatic rings. The van der Waals surface area contributed by atoms with E-state index in [0.717, 1.165) is 0 Å². The van der Waals surface area contributed by atoms with Crippen LogP contribution in [0.2, 0.25) is 0 Å². The van der Waals surface area contributed by atoms with Gasteiger partial charge in [0, 0.05) is 26.2 Å². The van der Waals surface area contributed by atoms with Gasteiger partial charge in [0.05, 0.1) is 0 Å². The van der Waals surface area contributed by atoms with Crippen LogP contribution in [0.4, 0.5) is 0 Å². The molecule has 0 spiro atoms. The maximum absolute atomic E-state index is 2.33. The van der Waals surface area contributed by atoms with Gasteiger partial charge in [-0.1, -0.05) is 158 Å². The van der Waals surface area contributed by atoms with Gasteiger partial charge in [0.1, 0.15) is 0 Å². The fourth-order valence-corrected chi connectivity index (χ4v) is 4.76. The molecule has 5 aromatic carbocycles. The quantitative estimate of drug-likeness (QED) is 0.149. The molecule has 0 N–H and O–H groups in total. The predicted octanol–water partition coefficient (Wildman–Crippen LogP) is 8.10. The standard InChI is InChI=1S/C21H17.C16H14.Zr/c1-14(2)17-11-12-19-18-10-6-5-9-16(18)13-20(19)21(17)15-7-3-4-8-15;1-3-9-15(10-4-1)13-7-8-14-16-11-5-2-6-12-16;/h3-13H,1-2H3;1-14H;/q-1;;/b;13-7+,14-8+;. The second-order valence-electron chi connectivity index (χ2n) is 9.39. The van der Waals surface area contributed by atoms with Gasteiger partial charge in [0.25, 0.3) is 0 Å². The third-order valence-corrected chi connectivity index (χ3v) is 6.57. The molecular weight excluding hydrogens is 536 g/mol. The fraction of sp³-hybridized carbons (Fsp3) is 0.0541. The minimum atomic E-state index is 0. The molecule has 0 saturated heterocycles. The smallest absolute Gasteiger partial charge is 0 e. The zero-order valence-electron chi connectivity index (χ0n) is 21.9. The van der Waals surface area contributed by atoms with Crippen molar-refractivity contribution in [1.29, 1.82) is 0 Å². The molecule has 0 unspecified atom stereocenters. The van der Waals surface area contributed by atoms with E-state index in [4.69, 9.17) is 0 Å². The molecule has 184 valence electrons. The van der Waals surface area contributed by atoms with Crippen molar-refractivity contribution in [3.8, 4) is 11.1 Å². The van der Waals surface area contributed by atoms with E-state index in [-0.39, 0.29) is 26.2 Å². The summed E-state index contributed by atoms with van der Waals surface area (Å²) in [5.74, 6) is 0. The Morgan fingerprint density at radius 2 is 1.13 bits per heavy atom. The maximum Gasteiger partial charge on any atom is 0 e. The molecule has 0 heterocycles. The van der Waals surface area contributed by atoms with Crippen molar-refractivity contribution in [3.05, 3.63) is 171 Å². The Bertz CT molecular complexity index is 1700. The molecule has 0 saturated carbocycles. The Labute approximate surface area is 244 Å². The topological polar surface area (TPSA) is 0 Å². The van der Waals surface area contributed by atoms with Gasteiger partial charge in [-0.15, -0.1) is 23.3 Å². The summed E-state index contributed by atoms with van der Waals surface area (Å²) in [5.41, 5.74) is 7.85. The van der Waals surface area contributed by atoms with Gasteiger partial charge in [0.15, 0.2) is 0 Å². The van der Waals surface area contributed by atoms with Crippen molar-refractivity contribution in [3.63, 3.8) is 0 Å². The Morgan fingerprint density at radius 3 is 1.71 bits per heavy atom. The molecule has 38 heavy (non-hydrogen) atoms. The molecule has 0 amide bonds. The van der Waals surface area contributed by atoms with Gasteiger partial charge in [0.2, 0.25) is 0 Å². The summed E-state index contributed by atoms with van der Waals surface area (Å²) < 4.78 is 0. The molecule has 0 radical (unpaired) electrons. The van der Waals surface area contributed by atoms with Crippen LogP contribution in [0.1, 0.15) is 30.5 Å². The van der Waals surface area contributed by atoms with E-state index < -0.39 is 0 Å². The second kappa shape index (κ2) is 13.2. The van der Waals surface area contributed by atoms with Crippen LogP contribution in [-0.2, 0) is 26.2 Å². The number of rotatable bonds is 4. The van der Waals surface area contributed by atoms with E-state index in [1.54, 1.807) is 0 Å². The zero-order chi connectivity index (χ0) is 25.5. The van der Waals surface area contributed by atoms with Crippen LogP contribution in [0, 0.1) is 10.4 Å². The number of hydrogen-bond acceptors (Lipinski definition) is 0. The summed E-state index contributed by atoms with van der Waals surface area (Å²) in [6.45, 7) is 4.38. The van der Waals surface area contributed by atoms with Crippen molar-refractivity contribution in [2.24, 2.45) is 0 Å². The Kier molecular flexibility index (Phi) is 9.53. The molecule has 0 nitrogen and oxygen atoms in total. The summed E-state index contributed by atoms with van der Waals surface area (Å²) in [5, 5.41) is 5.38. The first-order chi connectivity index (χ1) is 18.2. The summed E-state index contributed by atoms with van der Waals surface area (Å²) in [4.78, 5) is 0. The SMILES string of the molecule is C(/C=C/c1ccccc1)=C\c1ccccc1.CC(C)=c1ccc2c(c1-[c-]1cccc1)C=c1ccccc1=2.[Zr]. The molecule has 0 aromatic heterocycles. The van der Waals surface area contributed by atoms with Crippen molar-refractivity contribution in [2.45, 2.75) is 13.8 Å². The first-order valence-corrected chi connectivity index (χ1v) is 12.8. The average Bonchev–Trinajstić information content (AvgIpc) is 3.60. The van der Waals surface area contributed by atoms with Crippen molar-refractivity contribution in [2.75, 3.05) is 0 Å². The van der Waals surface area contributed by atoms with E-state index in [1.165, 1.54) is 54.3 Å². The Morgan fingerprint density at radius 1 is 0.579 bits per heavy atom. The number of benzene rings is 4. The fourth-order valence-electron chi connectivity index (χ4n) is 4.76. The van der Waals surface area contributed by atoms with Crippen LogP contribution in [0.25, 0.3) is 34.9 Å². The van der Waals surface area contributed by atoms with E-state index >= 15 is 0 Å². The molecule has 0 bridgehead atoms. The zero-order valence-corrected chi connectivity index (χ0v) is 24.4. The van der Waals surface area contributed by atoms with E-state index in [0.29, 0.717) is 0 Å². The van der Waals surface area contributed by atoms with Crippen molar-refractivity contribution < 1.29 is 26.2 Å². The third kappa shape index (κ3) is 6.42. The van der Waals surface area contributed by atoms with Crippen molar-refractivity contribution in [1.82, 2.24) is 0 Å². The predicted molar refractivity (Wildman–Crippen MR) is 160 cm³/mol. The van der Waals surface area contributed by atoms with Crippen LogP contribution in [0.15, 0.2) is 133 Å². The third-order valence-electron chi connectivity index (χ3n) is 6.57. The van der Waals surface area contributed by atoms with Gasteiger partial charge >= 0.3 is 0 Å². The first kappa shape index (κ1) is 27.4. The average molecular weight is 567 g/mol. The second-order valence-corrected chi connectivity index (χ2v) is 9.39. The van der Waals surface area contributed by atoms with Crippen LogP contribution in [-0.4, -0.2) is 0 Å². The summed E-state index contributed by atoms with van der Waals surface area (Å²) in [6, 6.07) is 42.4. The number of allylic oxidation sites excluding steroid dienone is 2. The Hall–Kier alpha value is -3.67. The van der Waals surface area contributed by atoms with Gasteiger partial charge in [-0.05, 0) is 26.8 Å². The maximum atomic E-state index is 2.33. The van der Waals surface area contributed by atoms with E-state index in [1.807, 2.05) is 36.4 Å². The van der Waals surface area contributed by atoms with Gasteiger partial charge in [-0.3, -0.25) is 0 Å². The van der Waals surface area contributed by atoms with Gasteiger partial charge in [-0.25, -0.2) is 0 Å². The number of hydrogen-bond donors (Lipinski definition) is 0. The number of fused-ring (bicyclic) bond motifs is 2. The minimum absolute atomic E-state index is 0. The summed E-state index contributed by atoms with van der Waals surface area (Å²) in [7, 11) is 0. The normalized spacial score (nSPS) is 11.2. The summed E-state index contributed by atoms with van der Waals surface area (Å²) >= 11 is 0. The largest absolute Gasteiger partial charge is 0.152 e. The molecule has 1 aliphatic carbocycles. The van der Waals surface area contributed by atoms with Gasteiger partial charge < -0.3 is 0 Å². The van der Waals surface area contributed by atoms with Crippen LogP contribution in [0.3, 0.4) is 0 Å². The molecule has 6 rings (SSSR count).